The van der Waals surface area contributed by atoms with Gasteiger partial charge < -0.3 is 89.9 Å². The molecule has 0 bridgehead atoms. The first-order chi connectivity index (χ1) is 46.8. The smallest absolute Gasteiger partial charge is 0.220 e. The number of hydrogen-bond acceptors (Lipinski definition) is 18. The number of carbonyl (C=O) groups is 1. The van der Waals surface area contributed by atoms with E-state index in [1.165, 1.54) is 116 Å². The largest absolute Gasteiger partial charge is 0.394 e. The molecule has 552 valence electrons. The summed E-state index contributed by atoms with van der Waals surface area (Å²) >= 11 is 0. The number of nitrogens with one attached hydrogen (secondary N) is 1. The fraction of sp³-hybridized carbons (Fsp3) is 0.753. The second-order valence-electron chi connectivity index (χ2n) is 26.0. The highest BCUT2D eigenvalue weighted by atomic mass is 16.8. The molecule has 19 heteroatoms. The lowest BCUT2D eigenvalue weighted by atomic mass is 9.96. The normalized spacial score (nSPS) is 27.7. The van der Waals surface area contributed by atoms with Crippen LogP contribution in [0.4, 0.5) is 0 Å². The maximum atomic E-state index is 13.4. The topological polar surface area (TPSA) is 307 Å². The van der Waals surface area contributed by atoms with E-state index >= 15 is 0 Å². The minimum atomic E-state index is -1.99. The van der Waals surface area contributed by atoms with Gasteiger partial charge in [-0.25, -0.2) is 0 Å². The summed E-state index contributed by atoms with van der Waals surface area (Å²) in [5, 5.41) is 121. The lowest BCUT2D eigenvalue weighted by Gasteiger charge is -2.48. The summed E-state index contributed by atoms with van der Waals surface area (Å²) in [5.41, 5.74) is 0. The van der Waals surface area contributed by atoms with Crippen molar-refractivity contribution in [2.45, 2.75) is 343 Å². The van der Waals surface area contributed by atoms with Crippen molar-refractivity contribution in [1.29, 1.82) is 0 Å². The molecule has 17 atom stereocenters. The number of allylic oxidation sites excluding steroid dienone is 17. The lowest BCUT2D eigenvalue weighted by molar-refractivity contribution is -0.379. The van der Waals surface area contributed by atoms with Crippen LogP contribution in [-0.4, -0.2) is 193 Å². The Bertz CT molecular complexity index is 2160. The van der Waals surface area contributed by atoms with Crippen LogP contribution in [0.5, 0.6) is 0 Å². The van der Waals surface area contributed by atoms with E-state index < -0.39 is 124 Å². The molecule has 0 aliphatic carbocycles. The molecule has 19 nitrogen and oxygen atoms in total. The molecule has 3 aliphatic rings. The van der Waals surface area contributed by atoms with Gasteiger partial charge >= 0.3 is 0 Å². The maximum Gasteiger partial charge on any atom is 0.220 e. The van der Waals surface area contributed by atoms with Crippen LogP contribution >= 0.6 is 0 Å². The molecular weight excluding hydrogens is 1230 g/mol. The third-order valence-corrected chi connectivity index (χ3v) is 17.8. The van der Waals surface area contributed by atoms with Crippen molar-refractivity contribution >= 4 is 5.91 Å². The van der Waals surface area contributed by atoms with Gasteiger partial charge in [-0.1, -0.05) is 245 Å². The van der Waals surface area contributed by atoms with Gasteiger partial charge in [-0.3, -0.25) is 4.79 Å². The lowest BCUT2D eigenvalue weighted by Crippen LogP contribution is -2.66. The number of ether oxygens (including phenoxy) is 6. The maximum absolute atomic E-state index is 13.4. The molecule has 0 aromatic heterocycles. The number of hydrogen-bond donors (Lipinski definition) is 12. The third-order valence-electron chi connectivity index (χ3n) is 17.8. The Labute approximate surface area is 576 Å². The van der Waals surface area contributed by atoms with E-state index in [2.05, 4.69) is 116 Å². The Balaban J connectivity index is 1.45. The van der Waals surface area contributed by atoms with Gasteiger partial charge in [0.15, 0.2) is 18.9 Å². The molecule has 0 spiro atoms. The van der Waals surface area contributed by atoms with Gasteiger partial charge in [0, 0.05) is 6.42 Å². The zero-order chi connectivity index (χ0) is 69.6. The molecule has 96 heavy (non-hydrogen) atoms. The van der Waals surface area contributed by atoms with Crippen LogP contribution in [0, 0.1) is 0 Å². The molecule has 17 unspecified atom stereocenters. The minimum Gasteiger partial charge on any atom is -0.394 e. The predicted octanol–water partition coefficient (Wildman–Crippen LogP) is 11.0. The van der Waals surface area contributed by atoms with E-state index in [0.717, 1.165) is 89.9 Å². The number of amides is 1. The highest BCUT2D eigenvalue weighted by Gasteiger charge is 2.53. The monoisotopic (exact) mass is 1360 g/mol. The first kappa shape index (κ1) is 86.7. The molecule has 3 heterocycles. The molecule has 1 amide bonds. The third kappa shape index (κ3) is 37.8. The minimum absolute atomic E-state index is 0.195. The molecular formula is C77H131NO18. The van der Waals surface area contributed by atoms with Crippen LogP contribution in [-0.2, 0) is 33.2 Å². The highest BCUT2D eigenvalue weighted by Crippen LogP contribution is 2.33. The fourth-order valence-corrected chi connectivity index (χ4v) is 11.8. The standard InChI is InChI=1S/C77H131NO18/c1-3-5-7-9-11-13-15-17-19-21-23-25-27-28-29-30-31-33-34-36-38-40-42-44-46-48-50-52-54-61(82)60(78-65(83)55-53-51-49-47-45-43-41-39-37-35-32-26-24-22-20-18-16-14-12-10-8-6-4-2)59-91-75-71(89)68(86)73(63(57-80)93-75)96-77-72(90)69(87)74(64(58-81)94-77)95-76-70(88)67(85)66(84)62(56-79)92-76/h6,8,12,14,18,20,24,26,35-38,41,43-44,46,52,54,60-64,66-77,79-82,84-90H,3-5,7,9-11,13,15-17,19,21-23,25,27-34,39-40,42,45,47-51,53,55-59H2,1-2H3,(H,78,83)/b8-6-,14-12-,20-18-,26-24-,37-35-,38-36+,43-41-,46-44+,54-52+. The van der Waals surface area contributed by atoms with Gasteiger partial charge in [0.1, 0.15) is 73.2 Å². The van der Waals surface area contributed by atoms with Crippen molar-refractivity contribution in [3.05, 3.63) is 109 Å². The van der Waals surface area contributed by atoms with Gasteiger partial charge in [0.2, 0.25) is 5.91 Å². The molecule has 0 aromatic rings. The van der Waals surface area contributed by atoms with Crippen molar-refractivity contribution in [3.8, 4) is 0 Å². The molecule has 3 fully saturated rings. The highest BCUT2D eigenvalue weighted by molar-refractivity contribution is 5.76. The van der Waals surface area contributed by atoms with E-state index in [1.54, 1.807) is 6.08 Å². The van der Waals surface area contributed by atoms with Crippen LogP contribution in [0.25, 0.3) is 0 Å². The van der Waals surface area contributed by atoms with E-state index in [1.807, 2.05) is 6.08 Å². The number of unbranched alkanes of at least 4 members (excludes halogenated alkanes) is 24. The van der Waals surface area contributed by atoms with Crippen LogP contribution in [0.15, 0.2) is 109 Å². The van der Waals surface area contributed by atoms with Crippen LogP contribution in [0.1, 0.15) is 239 Å². The van der Waals surface area contributed by atoms with E-state index in [0.29, 0.717) is 12.8 Å². The van der Waals surface area contributed by atoms with Crippen LogP contribution in [0.3, 0.4) is 0 Å². The summed E-state index contributed by atoms with van der Waals surface area (Å²) in [5.74, 6) is -0.317. The van der Waals surface area contributed by atoms with Gasteiger partial charge in [-0.15, -0.1) is 0 Å². The van der Waals surface area contributed by atoms with Crippen LogP contribution in [0.2, 0.25) is 0 Å². The summed E-state index contributed by atoms with van der Waals surface area (Å²) in [4.78, 5) is 13.4. The summed E-state index contributed by atoms with van der Waals surface area (Å²) in [6, 6.07) is -1.02. The SMILES string of the molecule is CC/C=C\C/C=C\C/C=C\C/C=C\C/C=C\C/C=C\CCCCCCC(=O)NC(COC1OC(CO)C(OC2OC(CO)C(OC3OC(CO)C(O)C(O)C3O)C(O)C2O)C(O)C1O)C(O)/C=C/CC/C=C/CC/C=C/CCCCCCCCCCCCCCCCCCCC. The quantitative estimate of drug-likeness (QED) is 0.0199. The second kappa shape index (κ2) is 57.1. The number of aliphatic hydroxyl groups excluding tert-OH is 11. The number of rotatable bonds is 56. The van der Waals surface area contributed by atoms with Crippen molar-refractivity contribution in [1.82, 2.24) is 5.32 Å². The first-order valence-electron chi connectivity index (χ1n) is 37.1. The zero-order valence-electron chi connectivity index (χ0n) is 58.6. The Hall–Kier alpha value is -3.55. The van der Waals surface area contributed by atoms with E-state index in [9.17, 15) is 61.0 Å². The summed E-state index contributed by atoms with van der Waals surface area (Å²) in [6.45, 7) is 1.58. The predicted molar refractivity (Wildman–Crippen MR) is 378 cm³/mol. The van der Waals surface area contributed by atoms with Crippen molar-refractivity contribution in [2.24, 2.45) is 0 Å². The summed E-state index contributed by atoms with van der Waals surface area (Å²) in [7, 11) is 0. The average Bonchev–Trinajstić information content (AvgIpc) is 0.788. The van der Waals surface area contributed by atoms with Gasteiger partial charge in [0.05, 0.1) is 38.6 Å². The number of aliphatic hydroxyl groups is 11. The second-order valence-corrected chi connectivity index (χ2v) is 26.0. The van der Waals surface area contributed by atoms with Gasteiger partial charge in [-0.05, 0) is 96.3 Å². The Morgan fingerprint density at radius 3 is 1.17 bits per heavy atom. The molecule has 12 N–H and O–H groups in total. The van der Waals surface area contributed by atoms with E-state index in [4.69, 9.17) is 28.4 Å². The van der Waals surface area contributed by atoms with Crippen molar-refractivity contribution in [2.75, 3.05) is 26.4 Å². The average molecular weight is 1360 g/mol. The van der Waals surface area contributed by atoms with Crippen LogP contribution < -0.4 is 5.32 Å². The van der Waals surface area contributed by atoms with Crippen molar-refractivity contribution in [3.63, 3.8) is 0 Å². The molecule has 3 rings (SSSR count). The molecule has 0 aromatic carbocycles. The number of carbonyl (C=O) groups excluding carboxylic acids is 1. The molecule has 3 saturated heterocycles. The van der Waals surface area contributed by atoms with Gasteiger partial charge in [0.25, 0.3) is 0 Å². The molecule has 0 saturated carbocycles. The fourth-order valence-electron chi connectivity index (χ4n) is 11.8. The Morgan fingerprint density at radius 1 is 0.385 bits per heavy atom. The molecule has 0 radical (unpaired) electrons. The van der Waals surface area contributed by atoms with E-state index in [-0.39, 0.29) is 18.9 Å². The first-order valence-corrected chi connectivity index (χ1v) is 37.1. The Morgan fingerprint density at radius 2 is 0.729 bits per heavy atom. The van der Waals surface area contributed by atoms with Gasteiger partial charge in [-0.2, -0.15) is 0 Å². The Kier molecular flexibility index (Phi) is 51.6. The summed E-state index contributed by atoms with van der Waals surface area (Å²) < 4.78 is 34.3. The zero-order valence-corrected chi connectivity index (χ0v) is 58.6. The van der Waals surface area contributed by atoms with Crippen molar-refractivity contribution < 1.29 is 89.4 Å². The summed E-state index contributed by atoms with van der Waals surface area (Å²) in [6.07, 6.45) is 50.7. The molecule has 3 aliphatic heterocycles.